The molecule has 1 aromatic heterocycles. The number of benzene rings is 1. The standard InChI is InChI=1S/C22H31FN4O3/c1-4-5-13-27(22(29)24-20-11-7-6-10-19(20)23)17-21(28)26(14-15-30-3)16-18-9-8-12-25(18)2/h6-12H,4-5,13-17H2,1-3H3,(H,24,29). The number of methoxy groups -OCH3 is 1. The van der Waals surface area contributed by atoms with Crippen molar-refractivity contribution in [1.29, 1.82) is 0 Å². The average molecular weight is 419 g/mol. The molecule has 0 aliphatic carbocycles. The fourth-order valence-corrected chi connectivity index (χ4v) is 2.97. The van der Waals surface area contributed by atoms with E-state index in [0.717, 1.165) is 18.5 Å². The van der Waals surface area contributed by atoms with Crippen molar-refractivity contribution in [1.82, 2.24) is 14.4 Å². The number of urea groups is 1. The molecule has 0 spiro atoms. The van der Waals surface area contributed by atoms with E-state index < -0.39 is 11.8 Å². The summed E-state index contributed by atoms with van der Waals surface area (Å²) >= 11 is 0. The van der Waals surface area contributed by atoms with E-state index in [0.29, 0.717) is 26.2 Å². The molecule has 0 aliphatic heterocycles. The van der Waals surface area contributed by atoms with Crippen molar-refractivity contribution in [2.24, 2.45) is 7.05 Å². The summed E-state index contributed by atoms with van der Waals surface area (Å²) in [6.45, 7) is 3.56. The largest absolute Gasteiger partial charge is 0.383 e. The molecule has 0 saturated carbocycles. The van der Waals surface area contributed by atoms with Gasteiger partial charge in [0.15, 0.2) is 0 Å². The molecule has 0 fully saturated rings. The van der Waals surface area contributed by atoms with Crippen molar-refractivity contribution in [2.45, 2.75) is 26.3 Å². The number of ether oxygens (including phenoxy) is 1. The summed E-state index contributed by atoms with van der Waals surface area (Å²) in [6, 6.07) is 9.35. The third kappa shape index (κ3) is 6.88. The Balaban J connectivity index is 2.10. The first-order valence-corrected chi connectivity index (χ1v) is 10.1. The van der Waals surface area contributed by atoms with Gasteiger partial charge in [0, 0.05) is 39.1 Å². The second-order valence-corrected chi connectivity index (χ2v) is 7.10. The van der Waals surface area contributed by atoms with Gasteiger partial charge in [-0.05, 0) is 30.7 Å². The molecule has 0 aliphatic rings. The van der Waals surface area contributed by atoms with Crippen LogP contribution in [-0.2, 0) is 23.1 Å². The van der Waals surface area contributed by atoms with Gasteiger partial charge in [0.05, 0.1) is 18.8 Å². The smallest absolute Gasteiger partial charge is 0.322 e. The number of rotatable bonds is 11. The lowest BCUT2D eigenvalue weighted by Gasteiger charge is -2.28. The Morgan fingerprint density at radius 1 is 1.13 bits per heavy atom. The van der Waals surface area contributed by atoms with Crippen LogP contribution in [0.5, 0.6) is 0 Å². The summed E-state index contributed by atoms with van der Waals surface area (Å²) in [6.07, 6.45) is 3.53. The number of amides is 3. The Bertz CT molecular complexity index is 824. The maximum Gasteiger partial charge on any atom is 0.322 e. The van der Waals surface area contributed by atoms with Crippen LogP contribution in [0.3, 0.4) is 0 Å². The molecule has 1 heterocycles. The van der Waals surface area contributed by atoms with Gasteiger partial charge in [0.1, 0.15) is 12.4 Å². The monoisotopic (exact) mass is 418 g/mol. The normalized spacial score (nSPS) is 10.7. The average Bonchev–Trinajstić information content (AvgIpc) is 3.14. The highest BCUT2D eigenvalue weighted by Gasteiger charge is 2.22. The number of aromatic nitrogens is 1. The van der Waals surface area contributed by atoms with Gasteiger partial charge in [-0.3, -0.25) is 4.79 Å². The molecule has 0 radical (unpaired) electrons. The van der Waals surface area contributed by atoms with Gasteiger partial charge in [-0.2, -0.15) is 0 Å². The predicted octanol–water partition coefficient (Wildman–Crippen LogP) is 3.47. The lowest BCUT2D eigenvalue weighted by molar-refractivity contribution is -0.133. The third-order valence-electron chi connectivity index (χ3n) is 4.83. The number of nitrogens with zero attached hydrogens (tertiary/aromatic N) is 3. The Hall–Kier alpha value is -2.87. The fraction of sp³-hybridized carbons (Fsp3) is 0.455. The second-order valence-electron chi connectivity index (χ2n) is 7.10. The van der Waals surface area contributed by atoms with Gasteiger partial charge in [-0.25, -0.2) is 9.18 Å². The highest BCUT2D eigenvalue weighted by atomic mass is 19.1. The number of halogens is 1. The van der Waals surface area contributed by atoms with E-state index >= 15 is 0 Å². The zero-order valence-corrected chi connectivity index (χ0v) is 17.9. The van der Waals surface area contributed by atoms with Crippen molar-refractivity contribution in [2.75, 3.05) is 38.7 Å². The predicted molar refractivity (Wildman–Crippen MR) is 115 cm³/mol. The molecule has 164 valence electrons. The quantitative estimate of drug-likeness (QED) is 0.608. The van der Waals surface area contributed by atoms with Crippen LogP contribution in [0.1, 0.15) is 25.5 Å². The van der Waals surface area contributed by atoms with Crippen LogP contribution in [0, 0.1) is 5.82 Å². The first-order valence-electron chi connectivity index (χ1n) is 10.1. The molecule has 2 aromatic rings. The highest BCUT2D eigenvalue weighted by Crippen LogP contribution is 2.14. The number of nitrogens with one attached hydrogen (secondary N) is 1. The summed E-state index contributed by atoms with van der Waals surface area (Å²) in [5, 5.41) is 2.57. The molecule has 0 unspecified atom stereocenters. The number of hydrogen-bond acceptors (Lipinski definition) is 3. The van der Waals surface area contributed by atoms with E-state index in [1.165, 1.54) is 17.0 Å². The first-order chi connectivity index (χ1) is 14.5. The van der Waals surface area contributed by atoms with Crippen LogP contribution in [0.4, 0.5) is 14.9 Å². The van der Waals surface area contributed by atoms with E-state index in [1.807, 2.05) is 36.9 Å². The van der Waals surface area contributed by atoms with Crippen LogP contribution in [0.2, 0.25) is 0 Å². The molecule has 8 heteroatoms. The van der Waals surface area contributed by atoms with E-state index in [-0.39, 0.29) is 18.1 Å². The van der Waals surface area contributed by atoms with Crippen molar-refractivity contribution in [3.8, 4) is 0 Å². The molecule has 0 bridgehead atoms. The van der Waals surface area contributed by atoms with Gasteiger partial charge < -0.3 is 24.4 Å². The van der Waals surface area contributed by atoms with Crippen molar-refractivity contribution in [3.05, 3.63) is 54.1 Å². The molecular formula is C22H31FN4O3. The zero-order chi connectivity index (χ0) is 21.9. The van der Waals surface area contributed by atoms with Crippen LogP contribution in [0.15, 0.2) is 42.6 Å². The summed E-state index contributed by atoms with van der Waals surface area (Å²) in [7, 11) is 3.50. The molecule has 3 amide bonds. The van der Waals surface area contributed by atoms with Crippen molar-refractivity contribution < 1.29 is 18.7 Å². The van der Waals surface area contributed by atoms with Crippen LogP contribution >= 0.6 is 0 Å². The number of para-hydroxylation sites is 1. The third-order valence-corrected chi connectivity index (χ3v) is 4.83. The summed E-state index contributed by atoms with van der Waals surface area (Å²) in [4.78, 5) is 28.9. The topological polar surface area (TPSA) is 66.8 Å². The minimum atomic E-state index is -0.516. The maximum absolute atomic E-state index is 13.9. The fourth-order valence-electron chi connectivity index (χ4n) is 2.97. The number of aryl methyl sites for hydroxylation is 1. The van der Waals surface area contributed by atoms with E-state index in [2.05, 4.69) is 5.32 Å². The van der Waals surface area contributed by atoms with E-state index in [4.69, 9.17) is 4.74 Å². The lowest BCUT2D eigenvalue weighted by atomic mass is 10.3. The Morgan fingerprint density at radius 2 is 1.90 bits per heavy atom. The number of anilines is 1. The summed E-state index contributed by atoms with van der Waals surface area (Å²) in [5.74, 6) is -0.703. The van der Waals surface area contributed by atoms with Crippen LogP contribution in [-0.4, -0.2) is 59.7 Å². The Morgan fingerprint density at radius 3 is 2.53 bits per heavy atom. The van der Waals surface area contributed by atoms with Crippen molar-refractivity contribution in [3.63, 3.8) is 0 Å². The van der Waals surface area contributed by atoms with Crippen LogP contribution < -0.4 is 5.32 Å². The first kappa shape index (κ1) is 23.4. The molecule has 2 rings (SSSR count). The van der Waals surface area contributed by atoms with E-state index in [1.54, 1.807) is 24.1 Å². The molecule has 7 nitrogen and oxygen atoms in total. The number of carbonyl (C=O) groups excluding carboxylic acids is 2. The lowest BCUT2D eigenvalue weighted by Crippen LogP contribution is -2.45. The summed E-state index contributed by atoms with van der Waals surface area (Å²) in [5.41, 5.74) is 1.08. The van der Waals surface area contributed by atoms with E-state index in [9.17, 15) is 14.0 Å². The molecule has 0 saturated heterocycles. The molecule has 1 aromatic carbocycles. The molecule has 1 N–H and O–H groups in total. The SMILES string of the molecule is CCCCN(CC(=O)N(CCOC)Cc1cccn1C)C(=O)Nc1ccccc1F. The van der Waals surface area contributed by atoms with Gasteiger partial charge in [-0.15, -0.1) is 0 Å². The van der Waals surface area contributed by atoms with Crippen LogP contribution in [0.25, 0.3) is 0 Å². The Labute approximate surface area is 177 Å². The van der Waals surface area contributed by atoms with Gasteiger partial charge in [0.25, 0.3) is 0 Å². The molecule has 0 atom stereocenters. The molecule has 30 heavy (non-hydrogen) atoms. The Kier molecular flexibility index (Phi) is 9.34. The minimum Gasteiger partial charge on any atom is -0.383 e. The minimum absolute atomic E-state index is 0.0889. The zero-order valence-electron chi connectivity index (χ0n) is 17.9. The summed E-state index contributed by atoms with van der Waals surface area (Å²) < 4.78 is 21.0. The highest BCUT2D eigenvalue weighted by molar-refractivity contribution is 5.92. The number of unbranched alkanes of at least 4 members (excludes halogenated alkanes) is 1. The van der Waals surface area contributed by atoms with Gasteiger partial charge in [-0.1, -0.05) is 25.5 Å². The van der Waals surface area contributed by atoms with Gasteiger partial charge >= 0.3 is 6.03 Å². The number of carbonyl (C=O) groups is 2. The maximum atomic E-state index is 13.9. The second kappa shape index (κ2) is 12.0. The van der Waals surface area contributed by atoms with Crippen molar-refractivity contribution >= 4 is 17.6 Å². The molecular weight excluding hydrogens is 387 g/mol. The van der Waals surface area contributed by atoms with Gasteiger partial charge in [0.2, 0.25) is 5.91 Å². The number of hydrogen-bond donors (Lipinski definition) is 1.